The second-order valence-corrected chi connectivity index (χ2v) is 11.3. The number of hydrogen-bond acceptors (Lipinski definition) is 4. The van der Waals surface area contributed by atoms with E-state index in [0.717, 1.165) is 34.4 Å². The molecule has 0 N–H and O–H groups in total. The molecule has 1 heterocycles. The molecule has 0 radical (unpaired) electrons. The van der Waals surface area contributed by atoms with E-state index in [2.05, 4.69) is 126 Å². The summed E-state index contributed by atoms with van der Waals surface area (Å²) >= 11 is 6.50. The normalized spacial score (nSPS) is 14.1. The highest BCUT2D eigenvalue weighted by atomic mass is 32.2. The summed E-state index contributed by atoms with van der Waals surface area (Å²) in [5.41, 5.74) is 9.48. The fourth-order valence-corrected chi connectivity index (χ4v) is 6.25. The van der Waals surface area contributed by atoms with E-state index >= 15 is 0 Å². The smallest absolute Gasteiger partial charge is 0.242 e. The van der Waals surface area contributed by atoms with E-state index in [1.54, 1.807) is 0 Å². The molecule has 5 aromatic rings. The lowest BCUT2D eigenvalue weighted by molar-refractivity contribution is -0.108. The van der Waals surface area contributed by atoms with Crippen molar-refractivity contribution in [2.75, 3.05) is 11.4 Å². The van der Waals surface area contributed by atoms with E-state index in [4.69, 9.17) is 12.2 Å². The van der Waals surface area contributed by atoms with Crippen LogP contribution in [0.15, 0.2) is 139 Å². The predicted octanol–water partition coefficient (Wildman–Crippen LogP) is 9.71. The number of anilines is 3. The Balaban J connectivity index is 1.36. The molecule has 1 fully saturated rings. The van der Waals surface area contributed by atoms with Gasteiger partial charge in [-0.25, -0.2) is 0 Å². The lowest BCUT2D eigenvalue weighted by atomic mass is 10.0. The van der Waals surface area contributed by atoms with Crippen molar-refractivity contribution in [3.8, 4) is 22.3 Å². The number of carbonyl (C=O) groups excluding carboxylic acids is 1. The van der Waals surface area contributed by atoms with E-state index in [1.807, 2.05) is 30.0 Å². The van der Waals surface area contributed by atoms with Crippen molar-refractivity contribution in [2.45, 2.75) is 6.92 Å². The molecule has 0 amide bonds. The minimum Gasteiger partial charge on any atom is -0.323 e. The van der Waals surface area contributed by atoms with E-state index in [1.165, 1.54) is 22.3 Å². The van der Waals surface area contributed by atoms with Gasteiger partial charge >= 0.3 is 0 Å². The average molecular weight is 569 g/mol. The molecule has 0 saturated carbocycles. The fraction of sp³-hybridized carbons (Fsp3) is 0.0556. The van der Waals surface area contributed by atoms with Gasteiger partial charge in [0.25, 0.3) is 0 Å². The van der Waals surface area contributed by atoms with Gasteiger partial charge in [-0.1, -0.05) is 109 Å². The first kappa shape index (κ1) is 26.8. The van der Waals surface area contributed by atoms with Crippen LogP contribution in [0.2, 0.25) is 0 Å². The maximum Gasteiger partial charge on any atom is 0.242 e. The van der Waals surface area contributed by atoms with E-state index in [0.29, 0.717) is 16.6 Å². The maximum absolute atomic E-state index is 12.5. The summed E-state index contributed by atoms with van der Waals surface area (Å²) < 4.78 is 0.615. The highest BCUT2D eigenvalue weighted by Crippen LogP contribution is 2.37. The molecule has 0 aliphatic carbocycles. The molecule has 1 saturated heterocycles. The molecule has 1 aliphatic heterocycles. The third-order valence-electron chi connectivity index (χ3n) is 7.14. The van der Waals surface area contributed by atoms with Crippen molar-refractivity contribution >= 4 is 56.6 Å². The zero-order valence-electron chi connectivity index (χ0n) is 22.6. The van der Waals surface area contributed by atoms with E-state index in [9.17, 15) is 4.79 Å². The van der Waals surface area contributed by atoms with Crippen LogP contribution in [-0.4, -0.2) is 20.9 Å². The molecule has 0 spiro atoms. The molecular weight excluding hydrogens is 541 g/mol. The molecule has 0 aromatic heterocycles. The first-order valence-corrected chi connectivity index (χ1v) is 14.8. The third-order valence-corrected chi connectivity index (χ3v) is 8.40. The number of hydrogen-bond donors (Lipinski definition) is 0. The van der Waals surface area contributed by atoms with Gasteiger partial charge in [0.05, 0.1) is 5.70 Å². The molecule has 41 heavy (non-hydrogen) atoms. The van der Waals surface area contributed by atoms with Gasteiger partial charge in [0.15, 0.2) is 0 Å². The van der Waals surface area contributed by atoms with Crippen LogP contribution in [0.1, 0.15) is 12.5 Å². The standard InChI is InChI=1S/C36H28N2OS2/c1-2-37-34(35(39)41-36(37)40)25-26-13-19-31(20-14-26)38(32-21-15-29(16-22-32)27-9-5-3-6-10-27)33-23-17-30(18-24-33)28-11-7-4-8-12-28/h3-25H,2H2,1H3/b34-25-. The van der Waals surface area contributed by atoms with Gasteiger partial charge in [0, 0.05) is 23.6 Å². The van der Waals surface area contributed by atoms with Gasteiger partial charge < -0.3 is 9.80 Å². The summed E-state index contributed by atoms with van der Waals surface area (Å²) in [5.74, 6) is 0. The number of benzene rings is 5. The Morgan fingerprint density at radius 2 is 1.05 bits per heavy atom. The Hall–Kier alpha value is -4.45. The van der Waals surface area contributed by atoms with Gasteiger partial charge in [-0.3, -0.25) is 4.79 Å². The SMILES string of the molecule is CCN1C(=S)SC(=O)/C1=C/c1ccc(N(c2ccc(-c3ccccc3)cc2)c2ccc(-c3ccccc3)cc2)cc1. The van der Waals surface area contributed by atoms with Crippen molar-refractivity contribution in [1.82, 2.24) is 4.90 Å². The summed E-state index contributed by atoms with van der Waals surface area (Å²) in [6.07, 6.45) is 1.93. The molecule has 5 heteroatoms. The summed E-state index contributed by atoms with van der Waals surface area (Å²) in [5, 5.41) is -0.000403. The first-order valence-electron chi connectivity index (χ1n) is 13.6. The Morgan fingerprint density at radius 3 is 1.49 bits per heavy atom. The van der Waals surface area contributed by atoms with Crippen LogP contribution in [0.5, 0.6) is 0 Å². The molecule has 3 nitrogen and oxygen atoms in total. The Bertz CT molecular complexity index is 1610. The molecule has 5 aromatic carbocycles. The molecule has 0 unspecified atom stereocenters. The lowest BCUT2D eigenvalue weighted by Crippen LogP contribution is -2.21. The minimum atomic E-state index is -0.000403. The van der Waals surface area contributed by atoms with Crippen molar-refractivity contribution in [3.05, 3.63) is 145 Å². The highest BCUT2D eigenvalue weighted by molar-refractivity contribution is 8.33. The van der Waals surface area contributed by atoms with E-state index in [-0.39, 0.29) is 5.12 Å². The van der Waals surface area contributed by atoms with Crippen molar-refractivity contribution < 1.29 is 4.79 Å². The summed E-state index contributed by atoms with van der Waals surface area (Å²) in [7, 11) is 0. The van der Waals surface area contributed by atoms with Crippen LogP contribution in [-0.2, 0) is 4.79 Å². The van der Waals surface area contributed by atoms with Crippen LogP contribution in [0.3, 0.4) is 0 Å². The molecule has 0 atom stereocenters. The minimum absolute atomic E-state index is 0.000403. The third kappa shape index (κ3) is 5.73. The summed E-state index contributed by atoms with van der Waals surface area (Å²) in [4.78, 5) is 16.7. The fourth-order valence-electron chi connectivity index (χ4n) is 5.02. The Kier molecular flexibility index (Phi) is 7.81. The molecular formula is C36H28N2OS2. The topological polar surface area (TPSA) is 23.6 Å². The van der Waals surface area contributed by atoms with Gasteiger partial charge in [-0.05, 0) is 89.0 Å². The maximum atomic E-state index is 12.5. The number of rotatable bonds is 7. The molecule has 6 rings (SSSR count). The highest BCUT2D eigenvalue weighted by Gasteiger charge is 2.30. The van der Waals surface area contributed by atoms with Crippen molar-refractivity contribution in [3.63, 3.8) is 0 Å². The molecule has 1 aliphatic rings. The van der Waals surface area contributed by atoms with Gasteiger partial charge in [0.1, 0.15) is 4.32 Å². The summed E-state index contributed by atoms with van der Waals surface area (Å²) in [6, 6.07) is 46.5. The largest absolute Gasteiger partial charge is 0.323 e. The zero-order chi connectivity index (χ0) is 28.2. The van der Waals surface area contributed by atoms with Crippen LogP contribution in [0.4, 0.5) is 17.1 Å². The van der Waals surface area contributed by atoms with Crippen LogP contribution < -0.4 is 4.90 Å². The number of carbonyl (C=O) groups is 1. The van der Waals surface area contributed by atoms with Crippen LogP contribution in [0, 0.1) is 0 Å². The second-order valence-electron chi connectivity index (χ2n) is 9.68. The van der Waals surface area contributed by atoms with Gasteiger partial charge in [0.2, 0.25) is 5.12 Å². The second kappa shape index (κ2) is 12.0. The Morgan fingerprint density at radius 1 is 0.634 bits per heavy atom. The average Bonchev–Trinajstić information content (AvgIpc) is 3.30. The van der Waals surface area contributed by atoms with Crippen LogP contribution in [0.25, 0.3) is 28.3 Å². The van der Waals surface area contributed by atoms with Crippen molar-refractivity contribution in [2.24, 2.45) is 0 Å². The first-order chi connectivity index (χ1) is 20.1. The van der Waals surface area contributed by atoms with Crippen LogP contribution >= 0.6 is 24.0 Å². The number of nitrogens with zero attached hydrogens (tertiary/aromatic N) is 2. The molecule has 0 bridgehead atoms. The quantitative estimate of drug-likeness (QED) is 0.144. The number of thioether (sulfide) groups is 1. The van der Waals surface area contributed by atoms with Gasteiger partial charge in [-0.15, -0.1) is 0 Å². The van der Waals surface area contributed by atoms with Crippen molar-refractivity contribution in [1.29, 1.82) is 0 Å². The molecule has 200 valence electrons. The monoisotopic (exact) mass is 568 g/mol. The lowest BCUT2D eigenvalue weighted by Gasteiger charge is -2.26. The number of likely N-dealkylation sites (N-methyl/N-ethyl adjacent to an activating group) is 1. The van der Waals surface area contributed by atoms with Gasteiger partial charge in [-0.2, -0.15) is 0 Å². The summed E-state index contributed by atoms with van der Waals surface area (Å²) in [6.45, 7) is 2.68. The predicted molar refractivity (Wildman–Crippen MR) is 178 cm³/mol. The Labute approximate surface area is 250 Å². The number of thiocarbonyl (C=S) groups is 1. The van der Waals surface area contributed by atoms with E-state index < -0.39 is 0 Å². The zero-order valence-corrected chi connectivity index (χ0v) is 24.2.